The average Bonchev–Trinajstić information content (AvgIpc) is 2.92. The van der Waals surface area contributed by atoms with Gasteiger partial charge in [-0.1, -0.05) is 74.5 Å². The molecule has 0 unspecified atom stereocenters. The highest BCUT2D eigenvalue weighted by molar-refractivity contribution is 5.95. The van der Waals surface area contributed by atoms with Gasteiger partial charge < -0.3 is 26.4 Å². The highest BCUT2D eigenvalue weighted by Crippen LogP contribution is 2.22. The number of ether oxygens (including phenoxy) is 1. The number of nitrogens with one attached hydrogen (secondary N) is 3. The Hall–Kier alpha value is -4.66. The first-order valence-electron chi connectivity index (χ1n) is 13.2. The predicted octanol–water partition coefficient (Wildman–Crippen LogP) is 3.40. The first-order chi connectivity index (χ1) is 19.1. The summed E-state index contributed by atoms with van der Waals surface area (Å²) in [6.45, 7) is 5.44. The first kappa shape index (κ1) is 29.9. The van der Waals surface area contributed by atoms with E-state index in [0.29, 0.717) is 17.1 Å². The van der Waals surface area contributed by atoms with E-state index in [9.17, 15) is 19.2 Å². The van der Waals surface area contributed by atoms with E-state index in [1.807, 2.05) is 67.6 Å². The molecule has 5 N–H and O–H groups in total. The first-order valence-corrected chi connectivity index (χ1v) is 13.2. The molecule has 3 aromatic carbocycles. The van der Waals surface area contributed by atoms with Gasteiger partial charge in [-0.2, -0.15) is 0 Å². The molecule has 9 heteroatoms. The summed E-state index contributed by atoms with van der Waals surface area (Å²) in [4.78, 5) is 50.8. The largest absolute Gasteiger partial charge is 0.457 e. The van der Waals surface area contributed by atoms with Crippen LogP contribution in [0.5, 0.6) is 11.5 Å². The van der Waals surface area contributed by atoms with Crippen molar-refractivity contribution in [3.63, 3.8) is 0 Å². The van der Waals surface area contributed by atoms with Crippen LogP contribution in [0.25, 0.3) is 0 Å². The van der Waals surface area contributed by atoms with E-state index >= 15 is 0 Å². The zero-order valence-electron chi connectivity index (χ0n) is 22.9. The molecule has 0 fully saturated rings. The van der Waals surface area contributed by atoms with Gasteiger partial charge in [0.1, 0.15) is 23.6 Å². The maximum absolute atomic E-state index is 13.2. The van der Waals surface area contributed by atoms with Gasteiger partial charge in [0.25, 0.3) is 0 Å². The molecule has 0 aliphatic carbocycles. The summed E-state index contributed by atoms with van der Waals surface area (Å²) in [7, 11) is 0. The number of amides is 4. The third-order valence-corrected chi connectivity index (χ3v) is 6.20. The van der Waals surface area contributed by atoms with Crippen LogP contribution in [0.2, 0.25) is 0 Å². The Bertz CT molecular complexity index is 1300. The second kappa shape index (κ2) is 14.5. The van der Waals surface area contributed by atoms with E-state index in [-0.39, 0.29) is 24.3 Å². The molecule has 0 saturated heterocycles. The zero-order chi connectivity index (χ0) is 29.1. The van der Waals surface area contributed by atoms with Gasteiger partial charge in [-0.05, 0) is 48.2 Å². The minimum absolute atomic E-state index is 0.0583. The van der Waals surface area contributed by atoms with Gasteiger partial charge in [-0.15, -0.1) is 0 Å². The number of carbonyl (C=O) groups is 4. The summed E-state index contributed by atoms with van der Waals surface area (Å²) >= 11 is 0. The van der Waals surface area contributed by atoms with Crippen molar-refractivity contribution in [3.8, 4) is 11.5 Å². The number of hydrogen-bond donors (Lipinski definition) is 4. The topological polar surface area (TPSA) is 140 Å². The Kier molecular flexibility index (Phi) is 10.8. The Morgan fingerprint density at radius 2 is 1.38 bits per heavy atom. The molecule has 4 amide bonds. The van der Waals surface area contributed by atoms with Crippen LogP contribution in [0.4, 0.5) is 0 Å². The minimum atomic E-state index is -1.24. The number of benzene rings is 3. The molecule has 3 atom stereocenters. The van der Waals surface area contributed by atoms with Crippen LogP contribution < -0.4 is 26.4 Å². The minimum Gasteiger partial charge on any atom is -0.457 e. The molecule has 0 radical (unpaired) electrons. The molecule has 3 aromatic rings. The Labute approximate surface area is 234 Å². The van der Waals surface area contributed by atoms with E-state index in [1.54, 1.807) is 38.1 Å². The zero-order valence-corrected chi connectivity index (χ0v) is 22.9. The van der Waals surface area contributed by atoms with Crippen molar-refractivity contribution in [2.45, 2.75) is 51.7 Å². The maximum Gasteiger partial charge on any atom is 0.243 e. The second-order valence-electron chi connectivity index (χ2n) is 9.90. The molecular formula is C31H36N4O5. The summed E-state index contributed by atoms with van der Waals surface area (Å²) in [5, 5.41) is 8.20. The molecule has 3 rings (SSSR count). The van der Waals surface area contributed by atoms with Crippen molar-refractivity contribution < 1.29 is 23.9 Å². The van der Waals surface area contributed by atoms with Crippen molar-refractivity contribution in [3.05, 3.63) is 96.1 Å². The number of rotatable bonds is 13. The van der Waals surface area contributed by atoms with E-state index in [1.165, 1.54) is 0 Å². The Balaban J connectivity index is 1.64. The highest BCUT2D eigenvalue weighted by Gasteiger charge is 2.30. The van der Waals surface area contributed by atoms with Gasteiger partial charge in [-0.3, -0.25) is 19.2 Å². The maximum atomic E-state index is 13.2. The summed E-state index contributed by atoms with van der Waals surface area (Å²) in [5.74, 6) is -1.34. The molecule has 0 aromatic heterocycles. The third kappa shape index (κ3) is 9.27. The average molecular weight is 545 g/mol. The van der Waals surface area contributed by atoms with Crippen LogP contribution >= 0.6 is 0 Å². The van der Waals surface area contributed by atoms with Crippen molar-refractivity contribution in [2.24, 2.45) is 11.7 Å². The van der Waals surface area contributed by atoms with Crippen LogP contribution in [0, 0.1) is 5.92 Å². The molecule has 210 valence electrons. The molecule has 0 aliphatic heterocycles. The monoisotopic (exact) mass is 544 g/mol. The van der Waals surface area contributed by atoms with Gasteiger partial charge in [0, 0.05) is 0 Å². The van der Waals surface area contributed by atoms with Crippen LogP contribution in [-0.2, 0) is 25.6 Å². The second-order valence-corrected chi connectivity index (χ2v) is 9.90. The van der Waals surface area contributed by atoms with Gasteiger partial charge >= 0.3 is 0 Å². The predicted molar refractivity (Wildman–Crippen MR) is 152 cm³/mol. The lowest BCUT2D eigenvalue weighted by Gasteiger charge is -2.26. The third-order valence-electron chi connectivity index (χ3n) is 6.20. The molecule has 0 aliphatic rings. The number of nitrogens with two attached hydrogens (primary N) is 1. The van der Waals surface area contributed by atoms with Gasteiger partial charge in [-0.25, -0.2) is 0 Å². The lowest BCUT2D eigenvalue weighted by molar-refractivity contribution is -0.134. The molecule has 0 heterocycles. The molecular weight excluding hydrogens is 508 g/mol. The number of carbonyl (C=O) groups excluding carboxylic acids is 4. The van der Waals surface area contributed by atoms with Crippen LogP contribution in [0.1, 0.15) is 44.4 Å². The standard InChI is InChI=1S/C31H36N4O5/c1-20(2)29(31(39)33-21(3)23-12-6-4-7-13-23)35-30(38)26(19-27(32)36)34-28(37)18-22-11-10-16-25(17-22)40-24-14-8-5-9-15-24/h4-17,20-21,26,29H,18-19H2,1-3H3,(H2,32,36)(H,33,39)(H,34,37)(H,35,38)/t21-,26+,29+/m1/s1. The molecule has 40 heavy (non-hydrogen) atoms. The lowest BCUT2D eigenvalue weighted by Crippen LogP contribution is -2.56. The van der Waals surface area contributed by atoms with E-state index in [2.05, 4.69) is 16.0 Å². The molecule has 9 nitrogen and oxygen atoms in total. The van der Waals surface area contributed by atoms with Crippen molar-refractivity contribution >= 4 is 23.6 Å². The van der Waals surface area contributed by atoms with Gasteiger partial charge in [0.05, 0.1) is 18.9 Å². The van der Waals surface area contributed by atoms with E-state index < -0.39 is 36.2 Å². The quantitative estimate of drug-likeness (QED) is 0.261. The molecule has 0 saturated carbocycles. The fourth-order valence-corrected chi connectivity index (χ4v) is 4.10. The van der Waals surface area contributed by atoms with Crippen LogP contribution in [0.15, 0.2) is 84.9 Å². The SMILES string of the molecule is CC(C)[C@H](NC(=O)[C@H](CC(N)=O)NC(=O)Cc1cccc(Oc2ccccc2)c1)C(=O)N[C@H](C)c1ccccc1. The van der Waals surface area contributed by atoms with Crippen molar-refractivity contribution in [1.29, 1.82) is 0 Å². The summed E-state index contributed by atoms with van der Waals surface area (Å²) in [5.41, 5.74) is 6.94. The summed E-state index contributed by atoms with van der Waals surface area (Å²) < 4.78 is 5.82. The summed E-state index contributed by atoms with van der Waals surface area (Å²) in [6, 6.07) is 23.3. The van der Waals surface area contributed by atoms with Crippen LogP contribution in [0.3, 0.4) is 0 Å². The highest BCUT2D eigenvalue weighted by atomic mass is 16.5. The van der Waals surface area contributed by atoms with Crippen molar-refractivity contribution in [2.75, 3.05) is 0 Å². The molecule has 0 bridgehead atoms. The van der Waals surface area contributed by atoms with E-state index in [0.717, 1.165) is 5.56 Å². The van der Waals surface area contributed by atoms with Crippen LogP contribution in [-0.4, -0.2) is 35.7 Å². The van der Waals surface area contributed by atoms with E-state index in [4.69, 9.17) is 10.5 Å². The number of para-hydroxylation sites is 1. The fraction of sp³-hybridized carbons (Fsp3) is 0.290. The number of hydrogen-bond acceptors (Lipinski definition) is 5. The molecule has 0 spiro atoms. The van der Waals surface area contributed by atoms with Gasteiger partial charge in [0.15, 0.2) is 0 Å². The lowest BCUT2D eigenvalue weighted by atomic mass is 10.0. The Morgan fingerprint density at radius 3 is 2.00 bits per heavy atom. The van der Waals surface area contributed by atoms with Gasteiger partial charge in [0.2, 0.25) is 23.6 Å². The smallest absolute Gasteiger partial charge is 0.243 e. The fourth-order valence-electron chi connectivity index (χ4n) is 4.10. The normalized spacial score (nSPS) is 13.0. The van der Waals surface area contributed by atoms with Crippen molar-refractivity contribution in [1.82, 2.24) is 16.0 Å². The Morgan fingerprint density at radius 1 is 0.750 bits per heavy atom. The number of primary amides is 1. The summed E-state index contributed by atoms with van der Waals surface area (Å²) in [6.07, 6.45) is -0.473.